The van der Waals surface area contributed by atoms with Gasteiger partial charge in [-0.2, -0.15) is 18.3 Å². The zero-order valence-electron chi connectivity index (χ0n) is 15.6. The fourth-order valence-corrected chi connectivity index (χ4v) is 2.77. The van der Waals surface area contributed by atoms with Gasteiger partial charge in [-0.05, 0) is 56.4 Å². The number of fused-ring (bicyclic) bond motifs is 1. The highest BCUT2D eigenvalue weighted by Crippen LogP contribution is 2.31. The molecule has 0 radical (unpaired) electrons. The van der Waals surface area contributed by atoms with Gasteiger partial charge in [-0.3, -0.25) is 5.43 Å². The zero-order valence-corrected chi connectivity index (χ0v) is 16.4. The molecule has 0 spiro atoms. The predicted octanol–water partition coefficient (Wildman–Crippen LogP) is 5.56. The first-order valence-electron chi connectivity index (χ1n) is 8.72. The van der Waals surface area contributed by atoms with Crippen LogP contribution in [0.4, 0.5) is 18.9 Å². The Morgan fingerprint density at radius 1 is 1.17 bits per heavy atom. The summed E-state index contributed by atoms with van der Waals surface area (Å²) < 4.78 is 49.8. The maximum Gasteiger partial charge on any atom is 0.416 e. The monoisotopic (exact) mass is 421 g/mol. The number of hydrogen-bond donors (Lipinski definition) is 2. The molecular weight excluding hydrogens is 403 g/mol. The molecular formula is C20H18F3N3O2S. The van der Waals surface area contributed by atoms with Crippen molar-refractivity contribution in [1.29, 1.82) is 0 Å². The molecule has 0 aliphatic carbocycles. The van der Waals surface area contributed by atoms with E-state index < -0.39 is 11.7 Å². The zero-order chi connectivity index (χ0) is 21.0. The van der Waals surface area contributed by atoms with Crippen molar-refractivity contribution in [2.75, 3.05) is 11.9 Å². The topological polar surface area (TPSA) is 58.8 Å². The third-order valence-corrected chi connectivity index (χ3v) is 4.13. The van der Waals surface area contributed by atoms with Crippen molar-refractivity contribution < 1.29 is 22.3 Å². The summed E-state index contributed by atoms with van der Waals surface area (Å²) in [4.78, 5) is 0. The molecule has 2 N–H and O–H groups in total. The number of anilines is 1. The first-order valence-corrected chi connectivity index (χ1v) is 9.13. The van der Waals surface area contributed by atoms with Gasteiger partial charge in [0.05, 0.1) is 12.2 Å². The summed E-state index contributed by atoms with van der Waals surface area (Å²) in [6.07, 6.45) is -4.43. The number of furan rings is 1. The van der Waals surface area contributed by atoms with Crippen molar-refractivity contribution >= 4 is 39.7 Å². The highest BCUT2D eigenvalue weighted by atomic mass is 32.1. The van der Waals surface area contributed by atoms with Crippen molar-refractivity contribution in [2.45, 2.75) is 20.0 Å². The Bertz CT molecular complexity index is 1060. The molecule has 29 heavy (non-hydrogen) atoms. The number of nitrogens with zero attached hydrogens (tertiary/aromatic N) is 1. The van der Waals surface area contributed by atoms with Crippen molar-refractivity contribution in [3.63, 3.8) is 0 Å². The fourth-order valence-electron chi connectivity index (χ4n) is 2.61. The minimum atomic E-state index is -4.43. The summed E-state index contributed by atoms with van der Waals surface area (Å²) in [6.45, 7) is 4.12. The highest BCUT2D eigenvalue weighted by Gasteiger charge is 2.30. The molecule has 0 unspecified atom stereocenters. The van der Waals surface area contributed by atoms with Crippen molar-refractivity contribution in [3.05, 3.63) is 59.9 Å². The molecule has 0 aliphatic rings. The van der Waals surface area contributed by atoms with E-state index in [0.29, 0.717) is 29.4 Å². The Morgan fingerprint density at radius 3 is 2.66 bits per heavy atom. The number of alkyl halides is 3. The molecule has 1 aromatic heterocycles. The van der Waals surface area contributed by atoms with Gasteiger partial charge in [0.15, 0.2) is 22.2 Å². The van der Waals surface area contributed by atoms with E-state index in [1.807, 2.05) is 31.2 Å². The molecule has 0 saturated carbocycles. The van der Waals surface area contributed by atoms with E-state index in [1.165, 1.54) is 12.1 Å². The number of hydrazone groups is 1. The molecule has 0 aliphatic heterocycles. The third kappa shape index (κ3) is 5.05. The average Bonchev–Trinajstić information content (AvgIpc) is 3.11. The van der Waals surface area contributed by atoms with Gasteiger partial charge >= 0.3 is 6.18 Å². The Kier molecular flexibility index (Phi) is 6.07. The molecule has 1 heterocycles. The lowest BCUT2D eigenvalue weighted by Crippen LogP contribution is -2.25. The SMILES string of the molecule is CCOc1cccc2cc(C(C)=NNC(=S)Nc3cccc(C(F)(F)F)c3)oc12. The van der Waals surface area contributed by atoms with Crippen LogP contribution >= 0.6 is 12.2 Å². The minimum absolute atomic E-state index is 0.0507. The van der Waals surface area contributed by atoms with Gasteiger partial charge in [0.2, 0.25) is 0 Å². The number of halogens is 3. The van der Waals surface area contributed by atoms with Crippen LogP contribution < -0.4 is 15.5 Å². The summed E-state index contributed by atoms with van der Waals surface area (Å²) in [6, 6.07) is 12.1. The molecule has 0 bridgehead atoms. The van der Waals surface area contributed by atoms with Crippen LogP contribution in [0.3, 0.4) is 0 Å². The Labute approximate surface area is 170 Å². The maximum absolute atomic E-state index is 12.8. The Hall–Kier alpha value is -3.07. The molecule has 0 amide bonds. The summed E-state index contributed by atoms with van der Waals surface area (Å²) >= 11 is 5.10. The van der Waals surface area contributed by atoms with Crippen LogP contribution in [0.2, 0.25) is 0 Å². The number of hydrogen-bond acceptors (Lipinski definition) is 4. The molecule has 2 aromatic carbocycles. The maximum atomic E-state index is 12.8. The van der Waals surface area contributed by atoms with Crippen LogP contribution in [0.25, 0.3) is 11.0 Å². The third-order valence-electron chi connectivity index (χ3n) is 3.94. The number of nitrogens with one attached hydrogen (secondary N) is 2. The van der Waals surface area contributed by atoms with Crippen LogP contribution in [0.1, 0.15) is 25.2 Å². The fraction of sp³-hybridized carbons (Fsp3) is 0.200. The summed E-state index contributed by atoms with van der Waals surface area (Å²) in [5.41, 5.74) is 3.17. The van der Waals surface area contributed by atoms with Gasteiger partial charge in [-0.1, -0.05) is 18.2 Å². The smallest absolute Gasteiger partial charge is 0.416 e. The van der Waals surface area contributed by atoms with Crippen molar-refractivity contribution in [1.82, 2.24) is 5.43 Å². The van der Waals surface area contributed by atoms with Gasteiger partial charge in [-0.25, -0.2) is 0 Å². The van der Waals surface area contributed by atoms with Gasteiger partial charge < -0.3 is 14.5 Å². The number of thiocarbonyl (C=S) groups is 1. The summed E-state index contributed by atoms with van der Waals surface area (Å²) in [7, 11) is 0. The highest BCUT2D eigenvalue weighted by molar-refractivity contribution is 7.80. The quantitative estimate of drug-likeness (QED) is 0.321. The lowest BCUT2D eigenvalue weighted by molar-refractivity contribution is -0.137. The van der Waals surface area contributed by atoms with Crippen LogP contribution in [-0.4, -0.2) is 17.4 Å². The second-order valence-corrected chi connectivity index (χ2v) is 6.47. The number of para-hydroxylation sites is 1. The van der Waals surface area contributed by atoms with Crippen molar-refractivity contribution in [3.8, 4) is 5.75 Å². The van der Waals surface area contributed by atoms with Crippen LogP contribution in [0, 0.1) is 0 Å². The number of benzene rings is 2. The lowest BCUT2D eigenvalue weighted by atomic mass is 10.2. The van der Waals surface area contributed by atoms with Crippen molar-refractivity contribution in [2.24, 2.45) is 5.10 Å². The van der Waals surface area contributed by atoms with E-state index in [4.69, 9.17) is 21.4 Å². The Morgan fingerprint density at radius 2 is 1.93 bits per heavy atom. The van der Waals surface area contributed by atoms with Crippen LogP contribution in [0.5, 0.6) is 5.75 Å². The largest absolute Gasteiger partial charge is 0.490 e. The van der Waals surface area contributed by atoms with Gasteiger partial charge in [0, 0.05) is 11.1 Å². The molecule has 152 valence electrons. The van der Waals surface area contributed by atoms with E-state index in [-0.39, 0.29) is 10.8 Å². The standard InChI is InChI=1S/C20H18F3N3O2S/c1-3-27-16-9-4-6-13-10-17(28-18(13)16)12(2)25-26-19(29)24-15-8-5-7-14(11-15)20(21,22)23/h4-11H,3H2,1-2H3,(H2,24,26,29). The van der Waals surface area contributed by atoms with E-state index >= 15 is 0 Å². The number of ether oxygens (including phenoxy) is 1. The van der Waals surface area contributed by atoms with E-state index in [2.05, 4.69) is 15.8 Å². The van der Waals surface area contributed by atoms with E-state index in [1.54, 1.807) is 6.92 Å². The molecule has 9 heteroatoms. The first kappa shape index (κ1) is 20.7. The van der Waals surface area contributed by atoms with Crippen LogP contribution in [-0.2, 0) is 6.18 Å². The van der Waals surface area contributed by atoms with Gasteiger partial charge in [0.25, 0.3) is 0 Å². The summed E-state index contributed by atoms with van der Waals surface area (Å²) in [5.74, 6) is 1.15. The van der Waals surface area contributed by atoms with Crippen LogP contribution in [0.15, 0.2) is 58.0 Å². The van der Waals surface area contributed by atoms with E-state index in [0.717, 1.165) is 17.5 Å². The number of rotatable bonds is 5. The molecule has 3 rings (SSSR count). The Balaban J connectivity index is 1.70. The second kappa shape index (κ2) is 8.52. The van der Waals surface area contributed by atoms with Gasteiger partial charge in [-0.15, -0.1) is 0 Å². The molecule has 0 atom stereocenters. The lowest BCUT2D eigenvalue weighted by Gasteiger charge is -2.11. The first-order chi connectivity index (χ1) is 13.8. The summed E-state index contributed by atoms with van der Waals surface area (Å²) in [5, 5.41) is 7.73. The average molecular weight is 421 g/mol. The second-order valence-electron chi connectivity index (χ2n) is 6.06. The minimum Gasteiger partial charge on any atom is -0.490 e. The van der Waals surface area contributed by atoms with E-state index in [9.17, 15) is 13.2 Å². The van der Waals surface area contributed by atoms with Gasteiger partial charge in [0.1, 0.15) is 5.71 Å². The molecule has 3 aromatic rings. The normalized spacial score (nSPS) is 12.1. The molecule has 0 fully saturated rings. The molecule has 5 nitrogen and oxygen atoms in total. The predicted molar refractivity (Wildman–Crippen MR) is 110 cm³/mol. The molecule has 0 saturated heterocycles.